The SMILES string of the molecule is CCCc1nc2ccc(Br)cc2c(=O)n1N=Cc1ccc(O[C@@H](C)C(=O)OCC)c([N+](=O)[O-])c1. The van der Waals surface area contributed by atoms with Gasteiger partial charge in [0.15, 0.2) is 11.9 Å². The summed E-state index contributed by atoms with van der Waals surface area (Å²) in [4.78, 5) is 40.4. The van der Waals surface area contributed by atoms with Gasteiger partial charge in [-0.1, -0.05) is 22.9 Å². The molecule has 3 rings (SSSR count). The number of ether oxygens (including phenoxy) is 2. The molecule has 1 heterocycles. The highest BCUT2D eigenvalue weighted by Crippen LogP contribution is 2.28. The molecule has 0 fully saturated rings. The van der Waals surface area contributed by atoms with Crippen LogP contribution in [0.2, 0.25) is 0 Å². The first-order chi connectivity index (χ1) is 16.2. The lowest BCUT2D eigenvalue weighted by molar-refractivity contribution is -0.386. The van der Waals surface area contributed by atoms with E-state index in [1.807, 2.05) is 13.0 Å². The summed E-state index contributed by atoms with van der Waals surface area (Å²) in [6.07, 6.45) is 1.60. The van der Waals surface area contributed by atoms with Gasteiger partial charge in [0.25, 0.3) is 5.56 Å². The fourth-order valence-corrected chi connectivity index (χ4v) is 3.54. The van der Waals surface area contributed by atoms with Crippen molar-refractivity contribution in [2.24, 2.45) is 5.10 Å². The van der Waals surface area contributed by atoms with Gasteiger partial charge in [-0.05, 0) is 50.6 Å². The second-order valence-electron chi connectivity index (χ2n) is 7.30. The number of fused-ring (bicyclic) bond motifs is 1. The normalized spacial score (nSPS) is 12.1. The molecule has 0 radical (unpaired) electrons. The van der Waals surface area contributed by atoms with Crippen molar-refractivity contribution >= 4 is 44.7 Å². The summed E-state index contributed by atoms with van der Waals surface area (Å²) >= 11 is 3.36. The quantitative estimate of drug-likeness (QED) is 0.175. The summed E-state index contributed by atoms with van der Waals surface area (Å²) < 4.78 is 12.3. The van der Waals surface area contributed by atoms with Gasteiger partial charge < -0.3 is 9.47 Å². The van der Waals surface area contributed by atoms with E-state index in [9.17, 15) is 19.7 Å². The molecule has 0 bridgehead atoms. The Morgan fingerprint density at radius 2 is 2.06 bits per heavy atom. The molecule has 11 heteroatoms. The summed E-state index contributed by atoms with van der Waals surface area (Å²) in [5.74, 6) is -0.222. The van der Waals surface area contributed by atoms with Crippen LogP contribution >= 0.6 is 15.9 Å². The summed E-state index contributed by atoms with van der Waals surface area (Å²) in [7, 11) is 0. The number of halogens is 1. The Hall–Kier alpha value is -3.60. The molecule has 0 N–H and O–H groups in total. The largest absolute Gasteiger partial charge is 0.472 e. The molecule has 34 heavy (non-hydrogen) atoms. The number of nitrogens with zero attached hydrogens (tertiary/aromatic N) is 4. The zero-order chi connectivity index (χ0) is 24.8. The lowest BCUT2D eigenvalue weighted by Gasteiger charge is -2.13. The summed E-state index contributed by atoms with van der Waals surface area (Å²) in [5, 5.41) is 16.3. The smallest absolute Gasteiger partial charge is 0.347 e. The molecule has 178 valence electrons. The van der Waals surface area contributed by atoms with Gasteiger partial charge in [-0.3, -0.25) is 14.9 Å². The fourth-order valence-electron chi connectivity index (χ4n) is 3.18. The molecule has 0 aliphatic carbocycles. The van der Waals surface area contributed by atoms with Crippen LogP contribution < -0.4 is 10.3 Å². The van der Waals surface area contributed by atoms with Crippen LogP contribution in [0.5, 0.6) is 5.75 Å². The van der Waals surface area contributed by atoms with Crippen LogP contribution in [0.3, 0.4) is 0 Å². The van der Waals surface area contributed by atoms with E-state index in [0.717, 1.165) is 10.9 Å². The standard InChI is InChI=1S/C23H23BrN4O6/c1-4-6-21-26-18-9-8-16(24)12-17(18)22(29)27(21)25-13-15-7-10-20(19(11-15)28(31)32)34-14(3)23(30)33-5-2/h7-14H,4-6H2,1-3H3/t14-/m0/s1. The molecule has 10 nitrogen and oxygen atoms in total. The maximum atomic E-state index is 13.1. The van der Waals surface area contributed by atoms with Gasteiger partial charge in [-0.15, -0.1) is 0 Å². The summed E-state index contributed by atoms with van der Waals surface area (Å²) in [6.45, 7) is 5.24. The van der Waals surface area contributed by atoms with E-state index in [1.165, 1.54) is 29.9 Å². The predicted octanol–water partition coefficient (Wildman–Crippen LogP) is 4.23. The van der Waals surface area contributed by atoms with E-state index in [4.69, 9.17) is 9.47 Å². The van der Waals surface area contributed by atoms with Crippen LogP contribution in [0, 0.1) is 10.1 Å². The van der Waals surface area contributed by atoms with Crippen LogP contribution in [0.4, 0.5) is 5.69 Å². The Morgan fingerprint density at radius 3 is 2.74 bits per heavy atom. The Kier molecular flexibility index (Phi) is 8.11. The van der Waals surface area contributed by atoms with Gasteiger partial charge in [0.1, 0.15) is 5.82 Å². The van der Waals surface area contributed by atoms with E-state index in [2.05, 4.69) is 26.0 Å². The minimum atomic E-state index is -1.02. The molecule has 0 spiro atoms. The van der Waals surface area contributed by atoms with E-state index in [1.54, 1.807) is 25.1 Å². The number of hydrogen-bond donors (Lipinski definition) is 0. The van der Waals surface area contributed by atoms with Gasteiger partial charge in [-0.25, -0.2) is 9.78 Å². The number of esters is 1. The number of carbonyl (C=O) groups is 1. The maximum absolute atomic E-state index is 13.1. The monoisotopic (exact) mass is 530 g/mol. The van der Waals surface area contributed by atoms with Crippen molar-refractivity contribution in [2.75, 3.05) is 6.61 Å². The van der Waals surface area contributed by atoms with Crippen molar-refractivity contribution in [3.05, 3.63) is 72.7 Å². The number of aromatic nitrogens is 2. The Morgan fingerprint density at radius 1 is 1.29 bits per heavy atom. The number of nitro benzene ring substituents is 1. The highest BCUT2D eigenvalue weighted by molar-refractivity contribution is 9.10. The predicted molar refractivity (Wildman–Crippen MR) is 131 cm³/mol. The van der Waals surface area contributed by atoms with Crippen molar-refractivity contribution in [3.63, 3.8) is 0 Å². The van der Waals surface area contributed by atoms with Crippen molar-refractivity contribution in [1.82, 2.24) is 9.66 Å². The third-order valence-electron chi connectivity index (χ3n) is 4.77. The molecule has 1 atom stereocenters. The third kappa shape index (κ3) is 5.66. The molecule has 3 aromatic rings. The van der Waals surface area contributed by atoms with E-state index in [0.29, 0.717) is 28.7 Å². The third-order valence-corrected chi connectivity index (χ3v) is 5.27. The number of carbonyl (C=O) groups excluding carboxylic acids is 1. The minimum absolute atomic E-state index is 0.0798. The minimum Gasteiger partial charge on any atom is -0.472 e. The van der Waals surface area contributed by atoms with Gasteiger partial charge in [0, 0.05) is 22.5 Å². The number of aryl methyl sites for hydroxylation is 1. The van der Waals surface area contributed by atoms with Crippen molar-refractivity contribution in [2.45, 2.75) is 39.7 Å². The van der Waals surface area contributed by atoms with Gasteiger partial charge in [0.05, 0.1) is 28.6 Å². The molecular formula is C23H23BrN4O6. The van der Waals surface area contributed by atoms with Crippen LogP contribution in [0.1, 0.15) is 38.6 Å². The zero-order valence-electron chi connectivity index (χ0n) is 18.9. The van der Waals surface area contributed by atoms with Crippen LogP contribution in [-0.2, 0) is 16.0 Å². The first-order valence-corrected chi connectivity index (χ1v) is 11.4. The second kappa shape index (κ2) is 11.0. The molecule has 0 aliphatic heterocycles. The van der Waals surface area contributed by atoms with Gasteiger partial charge in [0.2, 0.25) is 0 Å². The molecule has 0 unspecified atom stereocenters. The van der Waals surface area contributed by atoms with Crippen LogP contribution in [0.15, 0.2) is 50.8 Å². The molecule has 0 saturated carbocycles. The first-order valence-electron chi connectivity index (χ1n) is 10.6. The van der Waals surface area contributed by atoms with Gasteiger partial charge >= 0.3 is 11.7 Å². The number of benzene rings is 2. The molecule has 0 saturated heterocycles. The number of rotatable bonds is 9. The summed E-state index contributed by atoms with van der Waals surface area (Å²) in [5.41, 5.74) is 0.244. The Labute approximate surface area is 203 Å². The van der Waals surface area contributed by atoms with Crippen LogP contribution in [0.25, 0.3) is 10.9 Å². The Bertz CT molecular complexity index is 1320. The van der Waals surface area contributed by atoms with Crippen molar-refractivity contribution < 1.29 is 19.2 Å². The number of nitro groups is 1. The first kappa shape index (κ1) is 25.0. The Balaban J connectivity index is 1.99. The highest BCUT2D eigenvalue weighted by atomic mass is 79.9. The molecular weight excluding hydrogens is 508 g/mol. The second-order valence-corrected chi connectivity index (χ2v) is 8.21. The average molecular weight is 531 g/mol. The fraction of sp³-hybridized carbons (Fsp3) is 0.304. The molecule has 0 amide bonds. The topological polar surface area (TPSA) is 126 Å². The average Bonchev–Trinajstić information content (AvgIpc) is 2.80. The van der Waals surface area contributed by atoms with E-state index < -0.39 is 17.0 Å². The molecule has 1 aromatic heterocycles. The highest BCUT2D eigenvalue weighted by Gasteiger charge is 2.22. The van der Waals surface area contributed by atoms with E-state index in [-0.39, 0.29) is 23.6 Å². The maximum Gasteiger partial charge on any atom is 0.347 e. The molecule has 0 aliphatic rings. The van der Waals surface area contributed by atoms with Crippen molar-refractivity contribution in [1.29, 1.82) is 0 Å². The van der Waals surface area contributed by atoms with Crippen molar-refractivity contribution in [3.8, 4) is 5.75 Å². The summed E-state index contributed by atoms with van der Waals surface area (Å²) in [6, 6.07) is 9.41. The zero-order valence-corrected chi connectivity index (χ0v) is 20.4. The lowest BCUT2D eigenvalue weighted by atomic mass is 10.2. The van der Waals surface area contributed by atoms with E-state index >= 15 is 0 Å². The lowest BCUT2D eigenvalue weighted by Crippen LogP contribution is -2.26. The van der Waals surface area contributed by atoms with Crippen LogP contribution in [-0.4, -0.2) is 39.5 Å². The molecule has 2 aromatic carbocycles. The number of hydrogen-bond acceptors (Lipinski definition) is 8. The van der Waals surface area contributed by atoms with Gasteiger partial charge in [-0.2, -0.15) is 9.78 Å².